The molecule has 1 saturated carbocycles. The molecule has 1 aliphatic carbocycles. The highest BCUT2D eigenvalue weighted by molar-refractivity contribution is 6.08. The number of hydrogen-bond donors (Lipinski definition) is 1. The number of carbonyl (C=O) groups is 2. The van der Waals surface area contributed by atoms with E-state index >= 15 is 0 Å². The van der Waals surface area contributed by atoms with Gasteiger partial charge in [0.2, 0.25) is 0 Å². The molecule has 1 amide bonds. The van der Waals surface area contributed by atoms with Crippen molar-refractivity contribution in [1.82, 2.24) is 0 Å². The van der Waals surface area contributed by atoms with Crippen molar-refractivity contribution in [1.29, 1.82) is 0 Å². The number of carboxylic acids is 1. The molecule has 0 radical (unpaired) electrons. The van der Waals surface area contributed by atoms with Crippen molar-refractivity contribution in [3.8, 4) is 5.75 Å². The van der Waals surface area contributed by atoms with Gasteiger partial charge in [-0.2, -0.15) is 0 Å². The Morgan fingerprint density at radius 3 is 2.58 bits per heavy atom. The first-order chi connectivity index (χ1) is 12.6. The Balaban J connectivity index is 1.59. The fourth-order valence-electron chi connectivity index (χ4n) is 3.87. The third kappa shape index (κ3) is 3.05. The van der Waals surface area contributed by atoms with E-state index in [-0.39, 0.29) is 18.6 Å². The zero-order chi connectivity index (χ0) is 18.1. The van der Waals surface area contributed by atoms with E-state index in [2.05, 4.69) is 0 Å². The molecule has 0 bridgehead atoms. The van der Waals surface area contributed by atoms with Crippen LogP contribution in [0, 0.1) is 0 Å². The van der Waals surface area contributed by atoms with Crippen molar-refractivity contribution in [2.24, 2.45) is 0 Å². The number of nitrogens with zero attached hydrogens (tertiary/aromatic N) is 1. The topological polar surface area (TPSA) is 66.8 Å². The summed E-state index contributed by atoms with van der Waals surface area (Å²) in [6.07, 6.45) is 4.70. The summed E-state index contributed by atoms with van der Waals surface area (Å²) in [6.45, 7) is 0.154. The van der Waals surface area contributed by atoms with Gasteiger partial charge in [0.1, 0.15) is 11.7 Å². The number of ether oxygens (including phenoxy) is 1. The summed E-state index contributed by atoms with van der Waals surface area (Å²) >= 11 is 0. The first-order valence-corrected chi connectivity index (χ1v) is 9.04. The molecule has 0 saturated heterocycles. The van der Waals surface area contributed by atoms with E-state index < -0.39 is 11.9 Å². The molecule has 0 aromatic heterocycles. The van der Waals surface area contributed by atoms with Crippen LogP contribution < -0.4 is 9.64 Å². The minimum Gasteiger partial charge on any atom is -0.490 e. The van der Waals surface area contributed by atoms with Gasteiger partial charge in [-0.25, -0.2) is 0 Å². The molecule has 1 unspecified atom stereocenters. The Hall–Kier alpha value is -2.82. The number of amides is 1. The van der Waals surface area contributed by atoms with Crippen molar-refractivity contribution < 1.29 is 19.4 Å². The van der Waals surface area contributed by atoms with E-state index in [1.807, 2.05) is 18.2 Å². The fraction of sp³-hybridized carbons (Fsp3) is 0.333. The van der Waals surface area contributed by atoms with Gasteiger partial charge < -0.3 is 14.7 Å². The molecule has 2 aliphatic rings. The number of anilines is 1. The monoisotopic (exact) mass is 351 g/mol. The van der Waals surface area contributed by atoms with Crippen LogP contribution in [0.15, 0.2) is 48.5 Å². The molecule has 5 nitrogen and oxygen atoms in total. The Kier molecular flexibility index (Phi) is 4.37. The first kappa shape index (κ1) is 16.6. The lowest BCUT2D eigenvalue weighted by Crippen LogP contribution is -2.31. The van der Waals surface area contributed by atoms with E-state index in [0.29, 0.717) is 22.6 Å². The highest BCUT2D eigenvalue weighted by Gasteiger charge is 2.36. The predicted octanol–water partition coefficient (Wildman–Crippen LogP) is 3.84. The quantitative estimate of drug-likeness (QED) is 0.909. The summed E-state index contributed by atoms with van der Waals surface area (Å²) in [6, 6.07) is 14.4. The van der Waals surface area contributed by atoms with Crippen LogP contribution in [0.25, 0.3) is 0 Å². The largest absolute Gasteiger partial charge is 0.490 e. The van der Waals surface area contributed by atoms with Gasteiger partial charge in [0, 0.05) is 17.8 Å². The number of para-hydroxylation sites is 1. The van der Waals surface area contributed by atoms with Crippen molar-refractivity contribution >= 4 is 17.6 Å². The van der Waals surface area contributed by atoms with Crippen molar-refractivity contribution in [2.75, 3.05) is 11.4 Å². The summed E-state index contributed by atoms with van der Waals surface area (Å²) in [5.41, 5.74) is 1.88. The average molecular weight is 351 g/mol. The number of carboxylic acid groups (broad SMARTS) is 1. The van der Waals surface area contributed by atoms with Crippen LogP contribution in [-0.4, -0.2) is 29.6 Å². The van der Waals surface area contributed by atoms with Crippen LogP contribution in [0.4, 0.5) is 5.69 Å². The SMILES string of the molecule is O=C(O)C1CN(C(=O)c2cccc(OC3CCCC3)c2)c2ccccc21. The van der Waals surface area contributed by atoms with Crippen molar-refractivity contribution in [3.63, 3.8) is 0 Å². The second kappa shape index (κ2) is 6.83. The second-order valence-electron chi connectivity index (χ2n) is 6.92. The smallest absolute Gasteiger partial charge is 0.312 e. The minimum absolute atomic E-state index is 0.154. The molecule has 4 rings (SSSR count). The Bertz CT molecular complexity index is 841. The van der Waals surface area contributed by atoms with Crippen molar-refractivity contribution in [3.05, 3.63) is 59.7 Å². The van der Waals surface area contributed by atoms with E-state index in [4.69, 9.17) is 4.74 Å². The minimum atomic E-state index is -0.911. The second-order valence-corrected chi connectivity index (χ2v) is 6.92. The van der Waals surface area contributed by atoms with E-state index in [1.54, 1.807) is 35.2 Å². The highest BCUT2D eigenvalue weighted by atomic mass is 16.5. The van der Waals surface area contributed by atoms with Crippen LogP contribution in [0.2, 0.25) is 0 Å². The molecule has 1 N–H and O–H groups in total. The van der Waals surface area contributed by atoms with Crippen LogP contribution in [0.3, 0.4) is 0 Å². The summed E-state index contributed by atoms with van der Waals surface area (Å²) < 4.78 is 5.99. The van der Waals surface area contributed by atoms with Crippen LogP contribution in [-0.2, 0) is 4.79 Å². The van der Waals surface area contributed by atoms with Crippen LogP contribution in [0.5, 0.6) is 5.75 Å². The molecule has 1 heterocycles. The molecular weight excluding hydrogens is 330 g/mol. The molecule has 2 aromatic rings. The molecule has 134 valence electrons. The normalized spacial score (nSPS) is 19.4. The lowest BCUT2D eigenvalue weighted by Gasteiger charge is -2.19. The van der Waals surface area contributed by atoms with Gasteiger partial charge in [-0.15, -0.1) is 0 Å². The van der Waals surface area contributed by atoms with Gasteiger partial charge >= 0.3 is 5.97 Å². The third-order valence-electron chi connectivity index (χ3n) is 5.20. The van der Waals surface area contributed by atoms with Gasteiger partial charge in [0.25, 0.3) is 5.91 Å². The molecule has 1 aliphatic heterocycles. The molecule has 1 atom stereocenters. The van der Waals surface area contributed by atoms with Gasteiger partial charge in [-0.3, -0.25) is 9.59 Å². The Labute approximate surface area is 152 Å². The van der Waals surface area contributed by atoms with Crippen LogP contribution in [0.1, 0.15) is 47.5 Å². The van der Waals surface area contributed by atoms with Crippen LogP contribution >= 0.6 is 0 Å². The summed E-state index contributed by atoms with van der Waals surface area (Å²) in [5.74, 6) is -1.10. The number of benzene rings is 2. The maximum absolute atomic E-state index is 13.0. The lowest BCUT2D eigenvalue weighted by atomic mass is 10.0. The lowest BCUT2D eigenvalue weighted by molar-refractivity contribution is -0.138. The number of hydrogen-bond acceptors (Lipinski definition) is 3. The summed E-state index contributed by atoms with van der Waals surface area (Å²) in [4.78, 5) is 26.2. The molecule has 1 fully saturated rings. The maximum atomic E-state index is 13.0. The summed E-state index contributed by atoms with van der Waals surface area (Å²) in [7, 11) is 0. The predicted molar refractivity (Wildman–Crippen MR) is 97.8 cm³/mol. The summed E-state index contributed by atoms with van der Waals surface area (Å²) in [5, 5.41) is 9.48. The van der Waals surface area contributed by atoms with Gasteiger partial charge in [-0.05, 0) is 55.5 Å². The maximum Gasteiger partial charge on any atom is 0.312 e. The number of carbonyl (C=O) groups excluding carboxylic acids is 1. The first-order valence-electron chi connectivity index (χ1n) is 9.04. The number of aliphatic carboxylic acids is 1. The molecule has 5 heteroatoms. The zero-order valence-electron chi connectivity index (χ0n) is 14.4. The van der Waals surface area contributed by atoms with Gasteiger partial charge in [0.15, 0.2) is 0 Å². The van der Waals surface area contributed by atoms with E-state index in [0.717, 1.165) is 12.8 Å². The van der Waals surface area contributed by atoms with Gasteiger partial charge in [0.05, 0.1) is 6.10 Å². The molecular formula is C21H21NO4. The standard InChI is InChI=1S/C21H21NO4/c23-20(14-6-5-9-16(12-14)26-15-7-1-2-8-15)22-13-18(21(24)25)17-10-3-4-11-19(17)22/h3-6,9-12,15,18H,1-2,7-8,13H2,(H,24,25). The van der Waals surface area contributed by atoms with Crippen molar-refractivity contribution in [2.45, 2.75) is 37.7 Å². The van der Waals surface area contributed by atoms with E-state index in [1.165, 1.54) is 12.8 Å². The fourth-order valence-corrected chi connectivity index (χ4v) is 3.87. The number of fused-ring (bicyclic) bond motifs is 1. The molecule has 26 heavy (non-hydrogen) atoms. The average Bonchev–Trinajstić information content (AvgIpc) is 3.29. The van der Waals surface area contributed by atoms with E-state index in [9.17, 15) is 14.7 Å². The highest BCUT2D eigenvalue weighted by Crippen LogP contribution is 2.37. The zero-order valence-corrected chi connectivity index (χ0v) is 14.4. The third-order valence-corrected chi connectivity index (χ3v) is 5.20. The number of rotatable bonds is 4. The molecule has 2 aromatic carbocycles. The Morgan fingerprint density at radius 1 is 1.04 bits per heavy atom. The Morgan fingerprint density at radius 2 is 1.81 bits per heavy atom. The molecule has 0 spiro atoms. The van der Waals surface area contributed by atoms with Gasteiger partial charge in [-0.1, -0.05) is 24.3 Å².